The average molecular weight is 187 g/mol. The average Bonchev–Trinajstić information content (AvgIpc) is 2.53. The summed E-state index contributed by atoms with van der Waals surface area (Å²) in [7, 11) is 1.79. The molecular weight excluding hydrogens is 170 g/mol. The van der Waals surface area contributed by atoms with Crippen LogP contribution < -0.4 is 0 Å². The quantitative estimate of drug-likeness (QED) is 0.524. The molecule has 1 unspecified atom stereocenters. The van der Waals surface area contributed by atoms with Crippen molar-refractivity contribution in [1.82, 2.24) is 4.90 Å². The molecular formula is C9H17NOS. The third kappa shape index (κ3) is 3.17. The molecule has 1 heterocycles. The van der Waals surface area contributed by atoms with Crippen LogP contribution in [-0.4, -0.2) is 43.5 Å². The van der Waals surface area contributed by atoms with Gasteiger partial charge in [-0.15, -0.1) is 0 Å². The molecule has 2 nitrogen and oxygen atoms in total. The third-order valence-corrected chi connectivity index (χ3v) is 2.41. The molecule has 0 bridgehead atoms. The summed E-state index contributed by atoms with van der Waals surface area (Å²) in [4.78, 5) is 2.40. The zero-order valence-corrected chi connectivity index (χ0v) is 8.46. The van der Waals surface area contributed by atoms with Crippen molar-refractivity contribution >= 4 is 12.6 Å². The van der Waals surface area contributed by atoms with Crippen LogP contribution in [0.4, 0.5) is 0 Å². The first-order valence-corrected chi connectivity index (χ1v) is 5.01. The molecule has 0 aromatic heterocycles. The number of thiol groups is 1. The van der Waals surface area contributed by atoms with Gasteiger partial charge in [0, 0.05) is 32.5 Å². The van der Waals surface area contributed by atoms with E-state index >= 15 is 0 Å². The molecule has 3 heteroatoms. The molecule has 0 saturated carbocycles. The maximum Gasteiger partial charge on any atom is 0.0710 e. The van der Waals surface area contributed by atoms with Gasteiger partial charge in [0.15, 0.2) is 0 Å². The highest BCUT2D eigenvalue weighted by molar-refractivity contribution is 7.80. The minimum Gasteiger partial charge on any atom is -0.380 e. The third-order valence-electron chi connectivity index (χ3n) is 2.20. The second-order valence-corrected chi connectivity index (χ2v) is 3.43. The van der Waals surface area contributed by atoms with E-state index in [2.05, 4.69) is 29.7 Å². The minimum absolute atomic E-state index is 0.453. The summed E-state index contributed by atoms with van der Waals surface area (Å²) in [6.45, 7) is 3.28. The van der Waals surface area contributed by atoms with Crippen molar-refractivity contribution in [2.75, 3.05) is 32.5 Å². The van der Waals surface area contributed by atoms with Crippen molar-refractivity contribution in [3.05, 3.63) is 12.2 Å². The SMILES string of the molecule is COC1CCN(C/C=C/CS)C1. The standard InChI is InChI=1S/C9H17NOS/c1-11-9-4-6-10(8-9)5-2-3-7-12/h2-3,9,12H,4-8H2,1H3/b3-2+. The van der Waals surface area contributed by atoms with Crippen molar-refractivity contribution < 1.29 is 4.74 Å². The molecule has 0 spiro atoms. The molecule has 70 valence electrons. The van der Waals surface area contributed by atoms with Crippen LogP contribution in [0.2, 0.25) is 0 Å². The summed E-state index contributed by atoms with van der Waals surface area (Å²) < 4.78 is 5.27. The van der Waals surface area contributed by atoms with Gasteiger partial charge in [-0.3, -0.25) is 4.90 Å². The zero-order chi connectivity index (χ0) is 8.81. The van der Waals surface area contributed by atoms with Gasteiger partial charge in [0.1, 0.15) is 0 Å². The Morgan fingerprint density at radius 1 is 1.58 bits per heavy atom. The van der Waals surface area contributed by atoms with Gasteiger partial charge in [-0.2, -0.15) is 12.6 Å². The summed E-state index contributed by atoms with van der Waals surface area (Å²) in [6.07, 6.45) is 5.88. The highest BCUT2D eigenvalue weighted by Crippen LogP contribution is 2.10. The lowest BCUT2D eigenvalue weighted by molar-refractivity contribution is 0.109. The van der Waals surface area contributed by atoms with Crippen LogP contribution in [-0.2, 0) is 4.74 Å². The van der Waals surface area contributed by atoms with Crippen LogP contribution in [0.15, 0.2) is 12.2 Å². The van der Waals surface area contributed by atoms with Crippen LogP contribution in [0, 0.1) is 0 Å². The molecule has 0 aromatic rings. The van der Waals surface area contributed by atoms with Crippen LogP contribution >= 0.6 is 12.6 Å². The number of methoxy groups -OCH3 is 1. The van der Waals surface area contributed by atoms with E-state index in [4.69, 9.17) is 4.74 Å². The molecule has 0 aromatic carbocycles. The predicted octanol–water partition coefficient (Wildman–Crippen LogP) is 1.19. The van der Waals surface area contributed by atoms with Gasteiger partial charge in [-0.05, 0) is 6.42 Å². The molecule has 1 atom stereocenters. The number of ether oxygens (including phenoxy) is 1. The van der Waals surface area contributed by atoms with E-state index < -0.39 is 0 Å². The molecule has 12 heavy (non-hydrogen) atoms. The van der Waals surface area contributed by atoms with E-state index in [1.807, 2.05) is 0 Å². The normalized spacial score (nSPS) is 25.7. The molecule has 1 fully saturated rings. The number of hydrogen-bond acceptors (Lipinski definition) is 3. The Kier molecular flexibility index (Phi) is 4.73. The number of hydrogen-bond donors (Lipinski definition) is 1. The van der Waals surface area contributed by atoms with Crippen LogP contribution in [0.3, 0.4) is 0 Å². The van der Waals surface area contributed by atoms with Crippen molar-refractivity contribution in [3.63, 3.8) is 0 Å². The molecule has 0 aliphatic carbocycles. The van der Waals surface area contributed by atoms with E-state index in [0.717, 1.165) is 25.4 Å². The predicted molar refractivity (Wildman–Crippen MR) is 54.8 cm³/mol. The van der Waals surface area contributed by atoms with Crippen molar-refractivity contribution in [3.8, 4) is 0 Å². The van der Waals surface area contributed by atoms with Gasteiger partial charge in [-0.25, -0.2) is 0 Å². The Bertz CT molecular complexity index is 149. The number of likely N-dealkylation sites (tertiary alicyclic amines) is 1. The van der Waals surface area contributed by atoms with E-state index in [9.17, 15) is 0 Å². The summed E-state index contributed by atoms with van der Waals surface area (Å²) in [6, 6.07) is 0. The highest BCUT2D eigenvalue weighted by Gasteiger charge is 2.20. The smallest absolute Gasteiger partial charge is 0.0710 e. The Hall–Kier alpha value is 0.01000. The minimum atomic E-state index is 0.453. The van der Waals surface area contributed by atoms with Gasteiger partial charge >= 0.3 is 0 Å². The Morgan fingerprint density at radius 3 is 3.00 bits per heavy atom. The fourth-order valence-corrected chi connectivity index (χ4v) is 1.60. The zero-order valence-electron chi connectivity index (χ0n) is 7.57. The van der Waals surface area contributed by atoms with Crippen LogP contribution in [0.5, 0.6) is 0 Å². The second kappa shape index (κ2) is 5.62. The maximum absolute atomic E-state index is 5.27. The van der Waals surface area contributed by atoms with Gasteiger partial charge in [0.25, 0.3) is 0 Å². The molecule has 0 radical (unpaired) electrons. The van der Waals surface area contributed by atoms with Crippen molar-refractivity contribution in [1.29, 1.82) is 0 Å². The van der Waals surface area contributed by atoms with Crippen molar-refractivity contribution in [2.45, 2.75) is 12.5 Å². The van der Waals surface area contributed by atoms with Crippen LogP contribution in [0.1, 0.15) is 6.42 Å². The molecule has 0 amide bonds. The lowest BCUT2D eigenvalue weighted by atomic mass is 10.3. The topological polar surface area (TPSA) is 12.5 Å². The van der Waals surface area contributed by atoms with Gasteiger partial charge in [-0.1, -0.05) is 12.2 Å². The summed E-state index contributed by atoms with van der Waals surface area (Å²) in [5.41, 5.74) is 0. The Balaban J connectivity index is 2.14. The Morgan fingerprint density at radius 2 is 2.42 bits per heavy atom. The molecule has 1 aliphatic rings. The molecule has 0 N–H and O–H groups in total. The first kappa shape index (κ1) is 10.1. The summed E-state index contributed by atoms with van der Waals surface area (Å²) in [5, 5.41) is 0. The number of nitrogens with zero attached hydrogens (tertiary/aromatic N) is 1. The van der Waals surface area contributed by atoms with Crippen molar-refractivity contribution in [2.24, 2.45) is 0 Å². The lowest BCUT2D eigenvalue weighted by Gasteiger charge is -2.12. The highest BCUT2D eigenvalue weighted by atomic mass is 32.1. The van der Waals surface area contributed by atoms with Gasteiger partial charge in [0.2, 0.25) is 0 Å². The van der Waals surface area contributed by atoms with E-state index in [1.165, 1.54) is 6.42 Å². The maximum atomic E-state index is 5.27. The second-order valence-electron chi connectivity index (χ2n) is 3.06. The van der Waals surface area contributed by atoms with Gasteiger partial charge < -0.3 is 4.74 Å². The fourth-order valence-electron chi connectivity index (χ4n) is 1.45. The first-order chi connectivity index (χ1) is 5.86. The van der Waals surface area contributed by atoms with Crippen LogP contribution in [0.25, 0.3) is 0 Å². The summed E-state index contributed by atoms with van der Waals surface area (Å²) in [5.74, 6) is 0.835. The molecule has 1 saturated heterocycles. The first-order valence-electron chi connectivity index (χ1n) is 4.38. The Labute approximate surface area is 80.0 Å². The van der Waals surface area contributed by atoms with E-state index in [1.54, 1.807) is 7.11 Å². The summed E-state index contributed by atoms with van der Waals surface area (Å²) >= 11 is 4.10. The van der Waals surface area contributed by atoms with Gasteiger partial charge in [0.05, 0.1) is 6.10 Å². The number of rotatable bonds is 4. The largest absolute Gasteiger partial charge is 0.380 e. The lowest BCUT2D eigenvalue weighted by Crippen LogP contribution is -2.22. The van der Waals surface area contributed by atoms with E-state index in [-0.39, 0.29) is 0 Å². The fraction of sp³-hybridized carbons (Fsp3) is 0.778. The molecule has 1 rings (SSSR count). The monoisotopic (exact) mass is 187 g/mol. The molecule has 1 aliphatic heterocycles. The van der Waals surface area contributed by atoms with E-state index in [0.29, 0.717) is 6.10 Å².